The van der Waals surface area contributed by atoms with Crippen LogP contribution in [0.3, 0.4) is 0 Å². The van der Waals surface area contributed by atoms with E-state index in [4.69, 9.17) is 0 Å². The predicted molar refractivity (Wildman–Crippen MR) is 78.9 cm³/mol. The van der Waals surface area contributed by atoms with Gasteiger partial charge in [-0.3, -0.25) is 4.90 Å². The summed E-state index contributed by atoms with van der Waals surface area (Å²) in [6.07, 6.45) is 9.94. The molecular weight excluding hydrogens is 220 g/mol. The third kappa shape index (κ3) is 3.71. The zero-order valence-corrected chi connectivity index (χ0v) is 12.6. The Morgan fingerprint density at radius 1 is 1.00 bits per heavy atom. The fourth-order valence-corrected chi connectivity index (χ4v) is 3.84. The highest BCUT2D eigenvalue weighted by atomic mass is 15.2. The fourth-order valence-electron chi connectivity index (χ4n) is 3.84. The van der Waals surface area contributed by atoms with Gasteiger partial charge in [-0.15, -0.1) is 0 Å². The summed E-state index contributed by atoms with van der Waals surface area (Å²) < 4.78 is 0. The van der Waals surface area contributed by atoms with Crippen LogP contribution in [0.2, 0.25) is 0 Å². The molecule has 0 aromatic carbocycles. The van der Waals surface area contributed by atoms with Gasteiger partial charge >= 0.3 is 0 Å². The summed E-state index contributed by atoms with van der Waals surface area (Å²) in [7, 11) is 0. The quantitative estimate of drug-likeness (QED) is 0.806. The lowest BCUT2D eigenvalue weighted by Gasteiger charge is -2.34. The van der Waals surface area contributed by atoms with Crippen molar-refractivity contribution in [3.8, 4) is 0 Å². The first-order valence-corrected chi connectivity index (χ1v) is 8.17. The molecule has 0 aromatic rings. The molecule has 2 unspecified atom stereocenters. The van der Waals surface area contributed by atoms with Crippen molar-refractivity contribution in [1.82, 2.24) is 10.2 Å². The third-order valence-corrected chi connectivity index (χ3v) is 4.98. The van der Waals surface area contributed by atoms with Gasteiger partial charge in [0.15, 0.2) is 0 Å². The van der Waals surface area contributed by atoms with E-state index < -0.39 is 0 Å². The Hall–Kier alpha value is -0.0800. The largest absolute Gasteiger partial charge is 0.312 e. The van der Waals surface area contributed by atoms with Gasteiger partial charge in [0.05, 0.1) is 0 Å². The lowest BCUT2D eigenvalue weighted by Crippen LogP contribution is -2.47. The molecule has 2 nitrogen and oxygen atoms in total. The number of nitrogens with zero attached hydrogens (tertiary/aromatic N) is 1. The molecule has 106 valence electrons. The van der Waals surface area contributed by atoms with Gasteiger partial charge in [0.1, 0.15) is 0 Å². The predicted octanol–water partition coefficient (Wildman–Crippen LogP) is 3.42. The van der Waals surface area contributed by atoms with Crippen molar-refractivity contribution in [3.05, 3.63) is 0 Å². The summed E-state index contributed by atoms with van der Waals surface area (Å²) in [5, 5.41) is 3.82. The van der Waals surface area contributed by atoms with Crippen LogP contribution in [-0.4, -0.2) is 36.1 Å². The highest BCUT2D eigenvalue weighted by molar-refractivity contribution is 4.86. The van der Waals surface area contributed by atoms with E-state index in [0.717, 1.165) is 18.0 Å². The van der Waals surface area contributed by atoms with E-state index in [1.807, 2.05) is 0 Å². The summed E-state index contributed by atoms with van der Waals surface area (Å²) in [6.45, 7) is 9.68. The Kier molecular flexibility index (Phi) is 5.50. The molecule has 2 fully saturated rings. The van der Waals surface area contributed by atoms with Crippen molar-refractivity contribution in [3.63, 3.8) is 0 Å². The zero-order chi connectivity index (χ0) is 13.0. The van der Waals surface area contributed by atoms with Crippen molar-refractivity contribution in [2.75, 3.05) is 13.1 Å². The molecule has 2 heteroatoms. The van der Waals surface area contributed by atoms with Crippen LogP contribution in [0.15, 0.2) is 0 Å². The lowest BCUT2D eigenvalue weighted by molar-refractivity contribution is 0.148. The molecule has 0 aromatic heterocycles. The molecule has 18 heavy (non-hydrogen) atoms. The van der Waals surface area contributed by atoms with E-state index in [1.165, 1.54) is 58.0 Å². The minimum absolute atomic E-state index is 0.710. The number of likely N-dealkylation sites (tertiary alicyclic amines) is 1. The maximum Gasteiger partial charge on any atom is 0.0195 e. The summed E-state index contributed by atoms with van der Waals surface area (Å²) in [5.41, 5.74) is 0. The van der Waals surface area contributed by atoms with Gasteiger partial charge in [0, 0.05) is 24.7 Å². The van der Waals surface area contributed by atoms with E-state index >= 15 is 0 Å². The Balaban J connectivity index is 1.74. The standard InChI is InChI=1S/C16H32N2/c1-13(2)16-10-7-11-18(16)14(3)12-17-15-8-5-4-6-9-15/h13-17H,4-12H2,1-3H3. The van der Waals surface area contributed by atoms with Crippen molar-refractivity contribution >= 4 is 0 Å². The van der Waals surface area contributed by atoms with Gasteiger partial charge in [-0.1, -0.05) is 33.1 Å². The van der Waals surface area contributed by atoms with Crippen LogP contribution in [0.25, 0.3) is 0 Å². The highest BCUT2D eigenvalue weighted by Gasteiger charge is 2.30. The Labute approximate surface area is 114 Å². The van der Waals surface area contributed by atoms with Crippen LogP contribution in [0, 0.1) is 5.92 Å². The van der Waals surface area contributed by atoms with Gasteiger partial charge in [-0.05, 0) is 45.1 Å². The molecule has 1 N–H and O–H groups in total. The molecular formula is C16H32N2. The Morgan fingerprint density at radius 2 is 1.72 bits per heavy atom. The minimum atomic E-state index is 0.710. The third-order valence-electron chi connectivity index (χ3n) is 4.98. The van der Waals surface area contributed by atoms with Crippen LogP contribution in [0.1, 0.15) is 65.7 Å². The summed E-state index contributed by atoms with van der Waals surface area (Å²) >= 11 is 0. The van der Waals surface area contributed by atoms with Crippen LogP contribution >= 0.6 is 0 Å². The Bertz CT molecular complexity index is 233. The number of hydrogen-bond donors (Lipinski definition) is 1. The topological polar surface area (TPSA) is 15.3 Å². The van der Waals surface area contributed by atoms with Gasteiger partial charge in [0.25, 0.3) is 0 Å². The highest BCUT2D eigenvalue weighted by Crippen LogP contribution is 2.26. The molecule has 0 bridgehead atoms. The molecule has 1 saturated heterocycles. The van der Waals surface area contributed by atoms with Crippen LogP contribution < -0.4 is 5.32 Å². The molecule has 2 atom stereocenters. The second kappa shape index (κ2) is 6.91. The smallest absolute Gasteiger partial charge is 0.0195 e. The van der Waals surface area contributed by atoms with Gasteiger partial charge < -0.3 is 5.32 Å². The molecule has 1 aliphatic carbocycles. The maximum atomic E-state index is 3.82. The first kappa shape index (κ1) is 14.3. The second-order valence-electron chi connectivity index (χ2n) is 6.78. The first-order valence-electron chi connectivity index (χ1n) is 8.17. The monoisotopic (exact) mass is 252 g/mol. The van der Waals surface area contributed by atoms with Gasteiger partial charge in [0.2, 0.25) is 0 Å². The SMILES string of the molecule is CC(C)C1CCCN1C(C)CNC1CCCCC1. The molecule has 1 aliphatic heterocycles. The Morgan fingerprint density at radius 3 is 2.39 bits per heavy atom. The average Bonchev–Trinajstić information content (AvgIpc) is 2.86. The molecule has 2 aliphatic rings. The van der Waals surface area contributed by atoms with Crippen molar-refractivity contribution in [1.29, 1.82) is 0 Å². The zero-order valence-electron chi connectivity index (χ0n) is 12.6. The minimum Gasteiger partial charge on any atom is -0.312 e. The van der Waals surface area contributed by atoms with E-state index in [9.17, 15) is 0 Å². The molecule has 2 rings (SSSR count). The second-order valence-corrected chi connectivity index (χ2v) is 6.78. The van der Waals surface area contributed by atoms with Crippen molar-refractivity contribution in [2.45, 2.75) is 83.8 Å². The van der Waals surface area contributed by atoms with Crippen LogP contribution in [0.5, 0.6) is 0 Å². The van der Waals surface area contributed by atoms with Gasteiger partial charge in [-0.2, -0.15) is 0 Å². The van der Waals surface area contributed by atoms with Crippen LogP contribution in [0.4, 0.5) is 0 Å². The number of rotatable bonds is 5. The van der Waals surface area contributed by atoms with Crippen molar-refractivity contribution < 1.29 is 0 Å². The summed E-state index contributed by atoms with van der Waals surface area (Å²) in [5.74, 6) is 0.810. The molecule has 0 spiro atoms. The normalized spacial score (nSPS) is 29.0. The number of nitrogens with one attached hydrogen (secondary N) is 1. The molecule has 0 amide bonds. The van der Waals surface area contributed by atoms with Crippen molar-refractivity contribution in [2.24, 2.45) is 5.92 Å². The van der Waals surface area contributed by atoms with Crippen LogP contribution in [-0.2, 0) is 0 Å². The molecule has 1 heterocycles. The lowest BCUT2D eigenvalue weighted by atomic mass is 9.95. The average molecular weight is 252 g/mol. The summed E-state index contributed by atoms with van der Waals surface area (Å²) in [4.78, 5) is 2.75. The van der Waals surface area contributed by atoms with E-state index in [2.05, 4.69) is 31.0 Å². The first-order chi connectivity index (χ1) is 8.68. The number of hydrogen-bond acceptors (Lipinski definition) is 2. The van der Waals surface area contributed by atoms with E-state index in [1.54, 1.807) is 0 Å². The summed E-state index contributed by atoms with van der Waals surface area (Å²) in [6, 6.07) is 2.34. The maximum absolute atomic E-state index is 3.82. The van der Waals surface area contributed by atoms with Gasteiger partial charge in [-0.25, -0.2) is 0 Å². The molecule has 0 radical (unpaired) electrons. The fraction of sp³-hybridized carbons (Fsp3) is 1.00. The van der Waals surface area contributed by atoms with E-state index in [-0.39, 0.29) is 0 Å². The molecule has 1 saturated carbocycles. The van der Waals surface area contributed by atoms with E-state index in [0.29, 0.717) is 6.04 Å².